The first-order chi connectivity index (χ1) is 14.7. The van der Waals surface area contributed by atoms with Crippen LogP contribution in [0.2, 0.25) is 0 Å². The third kappa shape index (κ3) is 6.08. The maximum Gasteiger partial charge on any atom is 0.194 e. The summed E-state index contributed by atoms with van der Waals surface area (Å²) < 4.78 is 16.2. The van der Waals surface area contributed by atoms with Crippen molar-refractivity contribution in [1.82, 2.24) is 25.0 Å². The molecule has 4 rings (SSSR count). The molecule has 1 aromatic carbocycles. The molecule has 2 heterocycles. The average molecular weight is 541 g/mol. The molecule has 0 spiro atoms. The summed E-state index contributed by atoms with van der Waals surface area (Å²) in [6.45, 7) is 6.80. The molecule has 1 N–H and O–H groups in total. The molecule has 2 fully saturated rings. The lowest BCUT2D eigenvalue weighted by Gasteiger charge is -2.38. The Morgan fingerprint density at radius 2 is 1.90 bits per heavy atom. The summed E-state index contributed by atoms with van der Waals surface area (Å²) in [6, 6.07) is 7.54. The van der Waals surface area contributed by atoms with E-state index in [4.69, 9.17) is 4.99 Å². The normalized spacial score (nSPS) is 17.7. The van der Waals surface area contributed by atoms with E-state index < -0.39 is 0 Å². The Morgan fingerprint density at radius 3 is 2.61 bits per heavy atom. The summed E-state index contributed by atoms with van der Waals surface area (Å²) >= 11 is 0. The van der Waals surface area contributed by atoms with Crippen LogP contribution < -0.4 is 10.2 Å². The highest BCUT2D eigenvalue weighted by molar-refractivity contribution is 14.0. The number of halogens is 2. The van der Waals surface area contributed by atoms with Crippen molar-refractivity contribution in [1.29, 1.82) is 0 Å². The standard InChI is InChI=1S/C22H32FN7.HI/c1-2-21-27-25-17-30(21)12-11-24-22(26-18-7-3-4-8-18)29-15-13-28(14-16-29)20-10-6-5-9-19(20)23;/h5-6,9-10,17-18H,2-4,7-8,11-16H2,1H3,(H,24,26);1H. The van der Waals surface area contributed by atoms with Gasteiger partial charge in [-0.05, 0) is 25.0 Å². The summed E-state index contributed by atoms with van der Waals surface area (Å²) in [4.78, 5) is 9.39. The monoisotopic (exact) mass is 541 g/mol. The maximum atomic E-state index is 14.2. The number of guanidine groups is 1. The van der Waals surface area contributed by atoms with E-state index in [1.165, 1.54) is 31.7 Å². The lowest BCUT2D eigenvalue weighted by atomic mass is 10.2. The highest BCUT2D eigenvalue weighted by Crippen LogP contribution is 2.21. The number of benzene rings is 1. The molecule has 7 nitrogen and oxygen atoms in total. The third-order valence-corrected chi connectivity index (χ3v) is 6.08. The average Bonchev–Trinajstić information content (AvgIpc) is 3.45. The fourth-order valence-electron chi connectivity index (χ4n) is 4.36. The number of hydrogen-bond acceptors (Lipinski definition) is 4. The summed E-state index contributed by atoms with van der Waals surface area (Å²) in [5, 5.41) is 11.9. The van der Waals surface area contributed by atoms with Crippen LogP contribution in [0.1, 0.15) is 38.4 Å². The molecule has 170 valence electrons. The van der Waals surface area contributed by atoms with Gasteiger partial charge in [-0.3, -0.25) is 4.99 Å². The number of anilines is 1. The van der Waals surface area contributed by atoms with Crippen molar-refractivity contribution in [2.45, 2.75) is 51.6 Å². The second kappa shape index (κ2) is 11.6. The Bertz CT molecular complexity index is 842. The smallest absolute Gasteiger partial charge is 0.194 e. The lowest BCUT2D eigenvalue weighted by molar-refractivity contribution is 0.363. The molecule has 31 heavy (non-hydrogen) atoms. The molecule has 1 aliphatic heterocycles. The molecule has 1 saturated carbocycles. The fourth-order valence-corrected chi connectivity index (χ4v) is 4.36. The van der Waals surface area contributed by atoms with Gasteiger partial charge in [-0.2, -0.15) is 0 Å². The second-order valence-electron chi connectivity index (χ2n) is 8.05. The lowest BCUT2D eigenvalue weighted by Crippen LogP contribution is -2.54. The van der Waals surface area contributed by atoms with E-state index in [1.54, 1.807) is 12.4 Å². The van der Waals surface area contributed by atoms with E-state index in [0.29, 0.717) is 18.3 Å². The number of nitrogens with zero attached hydrogens (tertiary/aromatic N) is 6. The van der Waals surface area contributed by atoms with E-state index in [2.05, 4.69) is 36.8 Å². The second-order valence-corrected chi connectivity index (χ2v) is 8.05. The maximum absolute atomic E-state index is 14.2. The highest BCUT2D eigenvalue weighted by atomic mass is 127. The molecule has 0 unspecified atom stereocenters. The Labute approximate surface area is 201 Å². The zero-order valence-electron chi connectivity index (χ0n) is 18.2. The first-order valence-electron chi connectivity index (χ1n) is 11.2. The van der Waals surface area contributed by atoms with Gasteiger partial charge in [0.2, 0.25) is 0 Å². The molecule has 0 radical (unpaired) electrons. The minimum absolute atomic E-state index is 0. The van der Waals surface area contributed by atoms with E-state index in [9.17, 15) is 4.39 Å². The minimum Gasteiger partial charge on any atom is -0.366 e. The van der Waals surface area contributed by atoms with Gasteiger partial charge in [-0.1, -0.05) is 31.9 Å². The van der Waals surface area contributed by atoms with Gasteiger partial charge >= 0.3 is 0 Å². The van der Waals surface area contributed by atoms with Crippen molar-refractivity contribution in [2.24, 2.45) is 4.99 Å². The van der Waals surface area contributed by atoms with Gasteiger partial charge in [0.1, 0.15) is 18.0 Å². The van der Waals surface area contributed by atoms with Crippen LogP contribution >= 0.6 is 24.0 Å². The van der Waals surface area contributed by atoms with Gasteiger partial charge in [0.15, 0.2) is 5.96 Å². The summed E-state index contributed by atoms with van der Waals surface area (Å²) in [5.74, 6) is 1.83. The van der Waals surface area contributed by atoms with E-state index in [0.717, 1.165) is 50.9 Å². The van der Waals surface area contributed by atoms with Gasteiger partial charge in [-0.25, -0.2) is 4.39 Å². The van der Waals surface area contributed by atoms with Gasteiger partial charge < -0.3 is 19.7 Å². The molecule has 1 aromatic heterocycles. The molecule has 0 atom stereocenters. The van der Waals surface area contributed by atoms with Crippen molar-refractivity contribution in [3.05, 3.63) is 42.2 Å². The van der Waals surface area contributed by atoms with Crippen molar-refractivity contribution in [3.63, 3.8) is 0 Å². The Balaban J connectivity index is 0.00000272. The molecule has 1 aliphatic carbocycles. The van der Waals surface area contributed by atoms with Crippen molar-refractivity contribution in [2.75, 3.05) is 37.6 Å². The van der Waals surface area contributed by atoms with E-state index in [1.807, 2.05) is 12.1 Å². The Hall–Kier alpha value is -1.91. The van der Waals surface area contributed by atoms with Crippen LogP contribution in [0.3, 0.4) is 0 Å². The summed E-state index contributed by atoms with van der Waals surface area (Å²) in [5.41, 5.74) is 0.694. The van der Waals surface area contributed by atoms with Crippen molar-refractivity contribution < 1.29 is 4.39 Å². The number of aromatic nitrogens is 3. The van der Waals surface area contributed by atoms with Gasteiger partial charge in [0.25, 0.3) is 0 Å². The predicted molar refractivity (Wildman–Crippen MR) is 133 cm³/mol. The number of piperazine rings is 1. The van der Waals surface area contributed by atoms with Gasteiger partial charge in [-0.15, -0.1) is 34.2 Å². The minimum atomic E-state index is -0.149. The van der Waals surface area contributed by atoms with Crippen LogP contribution in [0.25, 0.3) is 0 Å². The topological polar surface area (TPSA) is 61.6 Å². The third-order valence-electron chi connectivity index (χ3n) is 6.08. The van der Waals surface area contributed by atoms with Crippen molar-refractivity contribution in [3.8, 4) is 0 Å². The largest absolute Gasteiger partial charge is 0.366 e. The van der Waals surface area contributed by atoms with Crippen LogP contribution in [0.5, 0.6) is 0 Å². The van der Waals surface area contributed by atoms with E-state index >= 15 is 0 Å². The highest BCUT2D eigenvalue weighted by Gasteiger charge is 2.24. The number of aryl methyl sites for hydroxylation is 1. The quantitative estimate of drug-likeness (QED) is 0.346. The first kappa shape index (κ1) is 23.7. The molecular weight excluding hydrogens is 508 g/mol. The van der Waals surface area contributed by atoms with Gasteiger partial charge in [0, 0.05) is 45.2 Å². The van der Waals surface area contributed by atoms with Gasteiger partial charge in [0.05, 0.1) is 12.2 Å². The Kier molecular flexibility index (Phi) is 8.91. The summed E-state index contributed by atoms with van der Waals surface area (Å²) in [7, 11) is 0. The predicted octanol–water partition coefficient (Wildman–Crippen LogP) is 3.31. The summed E-state index contributed by atoms with van der Waals surface area (Å²) in [6.07, 6.45) is 7.64. The van der Waals surface area contributed by atoms with Crippen LogP contribution in [0, 0.1) is 5.82 Å². The van der Waals surface area contributed by atoms with E-state index in [-0.39, 0.29) is 29.8 Å². The van der Waals surface area contributed by atoms with Crippen LogP contribution in [0.15, 0.2) is 35.6 Å². The van der Waals surface area contributed by atoms with Crippen LogP contribution in [0.4, 0.5) is 10.1 Å². The SMILES string of the molecule is CCc1nncn1CCN=C(NC1CCCC1)N1CCN(c2ccccc2F)CC1.I. The molecular formula is C22H33FIN7. The Morgan fingerprint density at radius 1 is 1.16 bits per heavy atom. The molecule has 0 bridgehead atoms. The molecule has 2 aromatic rings. The molecule has 0 amide bonds. The molecule has 2 aliphatic rings. The number of hydrogen-bond donors (Lipinski definition) is 1. The fraction of sp³-hybridized carbons (Fsp3) is 0.591. The number of rotatable bonds is 6. The zero-order chi connectivity index (χ0) is 20.8. The number of aliphatic imine (C=N–C) groups is 1. The van der Waals surface area contributed by atoms with Crippen LogP contribution in [-0.2, 0) is 13.0 Å². The number of para-hydroxylation sites is 1. The van der Waals surface area contributed by atoms with Crippen molar-refractivity contribution >= 4 is 35.6 Å². The first-order valence-corrected chi connectivity index (χ1v) is 11.2. The molecule has 9 heteroatoms. The number of nitrogens with one attached hydrogen (secondary N) is 1. The van der Waals surface area contributed by atoms with Crippen LogP contribution in [-0.4, -0.2) is 64.4 Å². The molecule has 1 saturated heterocycles. The zero-order valence-corrected chi connectivity index (χ0v) is 20.5.